The number of carbonyl (C=O) groups is 2. The van der Waals surface area contributed by atoms with Crippen LogP contribution in [0.5, 0.6) is 0 Å². The highest BCUT2D eigenvalue weighted by Gasteiger charge is 2.29. The average Bonchev–Trinajstić information content (AvgIpc) is 3.33. The summed E-state index contributed by atoms with van der Waals surface area (Å²) in [5.41, 5.74) is 9.47. The van der Waals surface area contributed by atoms with Crippen LogP contribution in [0.1, 0.15) is 72.7 Å². The van der Waals surface area contributed by atoms with Gasteiger partial charge in [-0.25, -0.2) is 0 Å². The molecule has 0 unspecified atom stereocenters. The van der Waals surface area contributed by atoms with Gasteiger partial charge in [0, 0.05) is 49.6 Å². The van der Waals surface area contributed by atoms with Gasteiger partial charge in [-0.15, -0.1) is 0 Å². The van der Waals surface area contributed by atoms with Crippen LogP contribution >= 0.6 is 0 Å². The monoisotopic (exact) mass is 486 g/mol. The Morgan fingerprint density at radius 1 is 1.22 bits per heavy atom. The summed E-state index contributed by atoms with van der Waals surface area (Å²) in [5.74, 6) is 0.253. The molecule has 0 amide bonds. The smallest absolute Gasteiger partial charge is 0.195 e. The van der Waals surface area contributed by atoms with Crippen LogP contribution < -0.4 is 10.6 Å². The SMILES string of the molecule is C=C(/C=C\C)N/C(C)=C1/C(=C)c2ccccc2C1=O.C=C/C=C\C1=C(C)C/C(=C(\CC)CC(C)=O)N1.[HH].[HH]. The largest absolute Gasteiger partial charge is 0.359 e. The quantitative estimate of drug-likeness (QED) is 0.289. The second kappa shape index (κ2) is 13.2. The van der Waals surface area contributed by atoms with Crippen LogP contribution in [-0.2, 0) is 4.79 Å². The molecule has 1 aromatic carbocycles. The van der Waals surface area contributed by atoms with E-state index in [-0.39, 0.29) is 14.4 Å². The topological polar surface area (TPSA) is 58.2 Å². The summed E-state index contributed by atoms with van der Waals surface area (Å²) < 4.78 is 0. The van der Waals surface area contributed by atoms with Crippen molar-refractivity contribution in [3.05, 3.63) is 125 Å². The molecule has 0 atom stereocenters. The Hall–Kier alpha value is -3.92. The molecule has 192 valence electrons. The maximum atomic E-state index is 12.4. The first-order valence-electron chi connectivity index (χ1n) is 12.2. The molecule has 1 aromatic rings. The van der Waals surface area contributed by atoms with E-state index in [1.54, 1.807) is 13.0 Å². The number of ketones is 2. The predicted molar refractivity (Wildman–Crippen MR) is 156 cm³/mol. The molecule has 1 aliphatic heterocycles. The molecule has 0 spiro atoms. The van der Waals surface area contributed by atoms with Crippen LogP contribution in [0.25, 0.3) is 5.57 Å². The number of nitrogens with one attached hydrogen (secondary N) is 2. The van der Waals surface area contributed by atoms with Gasteiger partial charge in [0.1, 0.15) is 5.78 Å². The van der Waals surface area contributed by atoms with Gasteiger partial charge in [0.25, 0.3) is 0 Å². The van der Waals surface area contributed by atoms with Gasteiger partial charge in [0.05, 0.1) is 0 Å². The first-order chi connectivity index (χ1) is 17.1. The first kappa shape index (κ1) is 28.3. The Morgan fingerprint density at radius 2 is 1.89 bits per heavy atom. The molecule has 0 bridgehead atoms. The zero-order valence-corrected chi connectivity index (χ0v) is 22.3. The Morgan fingerprint density at radius 3 is 2.44 bits per heavy atom. The van der Waals surface area contributed by atoms with E-state index >= 15 is 0 Å². The number of allylic oxidation sites excluding steroid dienone is 10. The lowest BCUT2D eigenvalue weighted by Crippen LogP contribution is -2.12. The molecule has 0 saturated carbocycles. The maximum Gasteiger partial charge on any atom is 0.195 e. The maximum absolute atomic E-state index is 12.4. The third-order valence-electron chi connectivity index (χ3n) is 6.02. The lowest BCUT2D eigenvalue weighted by molar-refractivity contribution is -0.116. The van der Waals surface area contributed by atoms with Crippen LogP contribution in [0.2, 0.25) is 0 Å². The molecule has 1 aliphatic carbocycles. The summed E-state index contributed by atoms with van der Waals surface area (Å²) in [6.45, 7) is 21.2. The van der Waals surface area contributed by atoms with Crippen molar-refractivity contribution >= 4 is 17.1 Å². The van der Waals surface area contributed by atoms with E-state index in [0.29, 0.717) is 12.0 Å². The highest BCUT2D eigenvalue weighted by Crippen LogP contribution is 2.36. The molecule has 4 heteroatoms. The van der Waals surface area contributed by atoms with E-state index < -0.39 is 0 Å². The summed E-state index contributed by atoms with van der Waals surface area (Å²) in [5, 5.41) is 6.54. The van der Waals surface area contributed by atoms with Crippen molar-refractivity contribution in [1.29, 1.82) is 0 Å². The van der Waals surface area contributed by atoms with Gasteiger partial charge in [-0.1, -0.05) is 69.2 Å². The van der Waals surface area contributed by atoms with Crippen molar-refractivity contribution in [3.63, 3.8) is 0 Å². The van der Waals surface area contributed by atoms with E-state index in [9.17, 15) is 9.59 Å². The zero-order valence-electron chi connectivity index (χ0n) is 22.3. The number of carbonyl (C=O) groups excluding carboxylic acids is 2. The summed E-state index contributed by atoms with van der Waals surface area (Å²) in [7, 11) is 0. The van der Waals surface area contributed by atoms with Crippen molar-refractivity contribution in [2.75, 3.05) is 0 Å². The fourth-order valence-corrected chi connectivity index (χ4v) is 4.27. The van der Waals surface area contributed by atoms with Crippen molar-refractivity contribution in [3.8, 4) is 0 Å². The summed E-state index contributed by atoms with van der Waals surface area (Å²) in [6.07, 6.45) is 11.9. The van der Waals surface area contributed by atoms with Crippen LogP contribution in [0.3, 0.4) is 0 Å². The Bertz CT molecular complexity index is 1210. The average molecular weight is 487 g/mol. The number of benzene rings is 1. The molecule has 3 rings (SSSR count). The third-order valence-corrected chi connectivity index (χ3v) is 6.02. The van der Waals surface area contributed by atoms with Gasteiger partial charge in [-0.2, -0.15) is 0 Å². The lowest BCUT2D eigenvalue weighted by Gasteiger charge is -2.09. The number of rotatable bonds is 8. The molecule has 4 nitrogen and oxygen atoms in total. The first-order valence-corrected chi connectivity index (χ1v) is 12.2. The normalized spacial score (nSPS) is 17.6. The number of hydrogen-bond donors (Lipinski definition) is 2. The molecule has 1 heterocycles. The predicted octanol–water partition coefficient (Wildman–Crippen LogP) is 7.98. The van der Waals surface area contributed by atoms with Gasteiger partial charge < -0.3 is 10.6 Å². The van der Waals surface area contributed by atoms with Crippen LogP contribution in [0, 0.1) is 0 Å². The second-order valence-electron chi connectivity index (χ2n) is 8.91. The molecular formula is C32H42N2O2. The fourth-order valence-electron chi connectivity index (χ4n) is 4.27. The van der Waals surface area contributed by atoms with Crippen molar-refractivity contribution < 1.29 is 12.4 Å². The standard InChI is InChI=1S/C17H17NO.C15H21NO.2H2/c1-5-8-11(2)18-13(4)16-12(3)14-9-6-7-10-15(14)17(16)19;1-5-7-8-14-11(3)9-15(16-14)13(6-2)10-12(4)17;;/h5-10,18H,2-3H2,1,4H3;5,7-8,16H,1,6,9-10H2,2-4H3;2*1H/b8-5-,16-13-;8-7-,15-13-;;. The molecule has 2 N–H and O–H groups in total. The second-order valence-corrected chi connectivity index (χ2v) is 8.91. The minimum atomic E-state index is 0. The van der Waals surface area contributed by atoms with E-state index in [2.05, 4.69) is 44.2 Å². The van der Waals surface area contributed by atoms with Crippen molar-refractivity contribution in [2.24, 2.45) is 0 Å². The number of Topliss-reactive ketones (excluding diaryl/α,β-unsaturated/α-hetero) is 2. The summed E-state index contributed by atoms with van der Waals surface area (Å²) in [4.78, 5) is 23.6. The highest BCUT2D eigenvalue weighted by atomic mass is 16.1. The van der Waals surface area contributed by atoms with Crippen molar-refractivity contribution in [2.45, 2.75) is 53.9 Å². The molecule has 0 radical (unpaired) electrons. The van der Waals surface area contributed by atoms with E-state index in [0.717, 1.165) is 46.6 Å². The molecular weight excluding hydrogens is 444 g/mol. The van der Waals surface area contributed by atoms with Gasteiger partial charge in [0.15, 0.2) is 5.78 Å². The van der Waals surface area contributed by atoms with Gasteiger partial charge >= 0.3 is 0 Å². The fraction of sp³-hybridized carbons (Fsp3) is 0.250. The molecule has 0 aromatic heterocycles. The van der Waals surface area contributed by atoms with Crippen LogP contribution in [0.4, 0.5) is 0 Å². The third kappa shape index (κ3) is 7.05. The van der Waals surface area contributed by atoms with Gasteiger partial charge in [-0.05, 0) is 68.6 Å². The molecule has 0 fully saturated rings. The van der Waals surface area contributed by atoms with Crippen LogP contribution in [-0.4, -0.2) is 11.6 Å². The van der Waals surface area contributed by atoms with E-state index in [1.165, 1.54) is 16.8 Å². The summed E-state index contributed by atoms with van der Waals surface area (Å²) >= 11 is 0. The highest BCUT2D eigenvalue weighted by molar-refractivity contribution is 6.26. The molecule has 0 saturated heterocycles. The number of fused-ring (bicyclic) bond motifs is 1. The lowest BCUT2D eigenvalue weighted by atomic mass is 10.0. The number of hydrogen-bond acceptors (Lipinski definition) is 4. The molecule has 2 aliphatic rings. The van der Waals surface area contributed by atoms with Crippen LogP contribution in [0.15, 0.2) is 114 Å². The van der Waals surface area contributed by atoms with Gasteiger partial charge in [-0.3, -0.25) is 9.59 Å². The Balaban J connectivity index is 0.000000689. The molecule has 36 heavy (non-hydrogen) atoms. The van der Waals surface area contributed by atoms with Crippen molar-refractivity contribution in [1.82, 2.24) is 10.6 Å². The Labute approximate surface area is 219 Å². The minimum Gasteiger partial charge on any atom is -0.359 e. The summed E-state index contributed by atoms with van der Waals surface area (Å²) in [6, 6.07) is 7.55. The van der Waals surface area contributed by atoms with E-state index in [1.807, 2.05) is 62.4 Å². The minimum absolute atomic E-state index is 0. The van der Waals surface area contributed by atoms with E-state index in [4.69, 9.17) is 0 Å². The Kier molecular flexibility index (Phi) is 10.4. The van der Waals surface area contributed by atoms with Gasteiger partial charge in [0.2, 0.25) is 0 Å². The zero-order chi connectivity index (χ0) is 26.8.